The van der Waals surface area contributed by atoms with Crippen LogP contribution in [0.5, 0.6) is 0 Å². The summed E-state index contributed by atoms with van der Waals surface area (Å²) in [5.74, 6) is 1.18. The summed E-state index contributed by atoms with van der Waals surface area (Å²) in [4.78, 5) is 0. The molecule has 0 unspecified atom stereocenters. The Balaban J connectivity index is 2.12. The van der Waals surface area contributed by atoms with Gasteiger partial charge in [-0.1, -0.05) is 194 Å². The summed E-state index contributed by atoms with van der Waals surface area (Å²) in [6, 6.07) is 47.6. The van der Waals surface area contributed by atoms with Gasteiger partial charge in [-0.15, -0.1) is 0 Å². The summed E-state index contributed by atoms with van der Waals surface area (Å²) in [6.45, 7) is 29.3. The number of hydrogen-bond donors (Lipinski definition) is 0. The summed E-state index contributed by atoms with van der Waals surface area (Å²) in [5, 5.41) is 6.23. The Bertz CT molecular complexity index is 1780. The van der Waals surface area contributed by atoms with Crippen molar-refractivity contribution in [1.29, 1.82) is 0 Å². The minimum atomic E-state index is -2.11. The molecule has 0 aliphatic heterocycles. The molecule has 0 saturated carbocycles. The van der Waals surface area contributed by atoms with Crippen molar-refractivity contribution in [2.75, 3.05) is 18.2 Å². The van der Waals surface area contributed by atoms with Crippen molar-refractivity contribution in [3.63, 3.8) is 0 Å². The number of hydrogen-bond acceptors (Lipinski definition) is 0. The predicted octanol–water partition coefficient (Wildman–Crippen LogP) is 16.2. The van der Waals surface area contributed by atoms with E-state index in [4.69, 9.17) is 0 Å². The van der Waals surface area contributed by atoms with Gasteiger partial charge in [0.2, 0.25) is 0 Å². The van der Waals surface area contributed by atoms with Crippen molar-refractivity contribution in [3.8, 4) is 0 Å². The maximum atomic E-state index is 2.73. The van der Waals surface area contributed by atoms with Gasteiger partial charge in [-0.2, -0.15) is 0 Å². The molecule has 0 amide bonds. The van der Waals surface area contributed by atoms with Crippen LogP contribution in [-0.2, 0) is 0 Å². The lowest BCUT2D eigenvalue weighted by Gasteiger charge is -2.37. The SMILES string of the molecule is CCC(C)(C)C/C=C(/CCC(C)(C)CC)C[P+](C[P+](C/C(=C\CCC(C)(C)CC)CC(C)(C)CC)(c1ccccc1)c1ccccc1)(c1ccccc1)c1ccccc1. The van der Waals surface area contributed by atoms with E-state index in [1.165, 1.54) is 44.4 Å². The molecule has 4 rings (SSSR count). The molecule has 0 bridgehead atoms. The fraction of sp³-hybridized carbons (Fsp3) is 0.509. The van der Waals surface area contributed by atoms with Gasteiger partial charge in [0.15, 0.2) is 5.90 Å². The van der Waals surface area contributed by atoms with Crippen LogP contribution in [0.25, 0.3) is 0 Å². The molecule has 2 heteroatoms. The van der Waals surface area contributed by atoms with Gasteiger partial charge in [-0.25, -0.2) is 0 Å². The van der Waals surface area contributed by atoms with Gasteiger partial charge < -0.3 is 0 Å². The first-order valence-electron chi connectivity index (χ1n) is 23.3. The topological polar surface area (TPSA) is 0 Å². The van der Waals surface area contributed by atoms with E-state index in [1.807, 2.05) is 0 Å². The van der Waals surface area contributed by atoms with Crippen molar-refractivity contribution in [2.24, 2.45) is 21.7 Å². The van der Waals surface area contributed by atoms with Crippen molar-refractivity contribution in [1.82, 2.24) is 0 Å². The molecule has 0 heterocycles. The molecular formula is C57H84P2+2. The van der Waals surface area contributed by atoms with E-state index in [-0.39, 0.29) is 10.8 Å². The smallest absolute Gasteiger partial charge is 0.0817 e. The van der Waals surface area contributed by atoms with Crippen molar-refractivity contribution >= 4 is 35.7 Å². The average molecular weight is 831 g/mol. The lowest BCUT2D eigenvalue weighted by Crippen LogP contribution is -2.36. The molecule has 0 nitrogen and oxygen atoms in total. The third-order valence-corrected chi connectivity index (χ3v) is 25.2. The highest BCUT2D eigenvalue weighted by Crippen LogP contribution is 2.73. The second kappa shape index (κ2) is 21.8. The molecule has 4 aromatic rings. The summed E-state index contributed by atoms with van der Waals surface area (Å²) in [5.41, 5.74) is 4.51. The van der Waals surface area contributed by atoms with Gasteiger partial charge in [-0.3, -0.25) is 0 Å². The minimum absolute atomic E-state index is 0.230. The first-order chi connectivity index (χ1) is 27.9. The molecule has 59 heavy (non-hydrogen) atoms. The Labute approximate surface area is 365 Å². The van der Waals surface area contributed by atoms with Crippen molar-refractivity contribution in [2.45, 2.75) is 147 Å². The number of benzene rings is 4. The Morgan fingerprint density at radius 3 is 1.15 bits per heavy atom. The van der Waals surface area contributed by atoms with Crippen molar-refractivity contribution in [3.05, 3.63) is 145 Å². The largest absolute Gasteiger partial charge is 0.179 e. The first-order valence-corrected chi connectivity index (χ1v) is 27.6. The summed E-state index contributed by atoms with van der Waals surface area (Å²) >= 11 is 0. The van der Waals surface area contributed by atoms with Crippen LogP contribution in [0.3, 0.4) is 0 Å². The molecule has 0 spiro atoms. The number of allylic oxidation sites excluding steroid dienone is 4. The fourth-order valence-corrected chi connectivity index (χ4v) is 21.2. The lowest BCUT2D eigenvalue weighted by molar-refractivity contribution is 0.321. The second-order valence-electron chi connectivity index (χ2n) is 21.0. The van der Waals surface area contributed by atoms with Crippen LogP contribution in [-0.4, -0.2) is 18.2 Å². The zero-order chi connectivity index (χ0) is 43.2. The van der Waals surface area contributed by atoms with E-state index in [1.54, 1.807) is 32.4 Å². The van der Waals surface area contributed by atoms with E-state index in [0.717, 1.165) is 38.0 Å². The summed E-state index contributed by atoms with van der Waals surface area (Å²) < 4.78 is 0. The zero-order valence-corrected chi connectivity index (χ0v) is 41.6. The van der Waals surface area contributed by atoms with E-state index in [9.17, 15) is 0 Å². The third-order valence-electron chi connectivity index (χ3n) is 14.3. The normalized spacial score (nSPS) is 13.8. The molecule has 0 fully saturated rings. The van der Waals surface area contributed by atoms with Crippen molar-refractivity contribution < 1.29 is 0 Å². The van der Waals surface area contributed by atoms with Crippen LogP contribution in [0.15, 0.2) is 145 Å². The lowest BCUT2D eigenvalue weighted by atomic mass is 9.82. The predicted molar refractivity (Wildman–Crippen MR) is 273 cm³/mol. The molecule has 0 N–H and O–H groups in total. The molecule has 320 valence electrons. The monoisotopic (exact) mass is 831 g/mol. The van der Waals surface area contributed by atoms with Crippen LogP contribution in [0.1, 0.15) is 147 Å². The van der Waals surface area contributed by atoms with Gasteiger partial charge in [0.25, 0.3) is 0 Å². The molecule has 0 aromatic heterocycles. The van der Waals surface area contributed by atoms with Crippen LogP contribution in [0.2, 0.25) is 0 Å². The summed E-state index contributed by atoms with van der Waals surface area (Å²) in [6.07, 6.45) is 19.5. The fourth-order valence-electron chi connectivity index (χ4n) is 8.31. The third kappa shape index (κ3) is 14.1. The van der Waals surface area contributed by atoms with Gasteiger partial charge in [0.1, 0.15) is 35.7 Å². The number of rotatable bonds is 24. The first kappa shape index (κ1) is 48.9. The molecule has 0 saturated heterocycles. The quantitative estimate of drug-likeness (QED) is 0.0487. The van der Waals surface area contributed by atoms with Crippen LogP contribution < -0.4 is 21.2 Å². The van der Waals surface area contributed by atoms with E-state index >= 15 is 0 Å². The second-order valence-corrected chi connectivity index (χ2v) is 28.7. The van der Waals surface area contributed by atoms with Gasteiger partial charge in [-0.05, 0) is 120 Å². The Hall–Kier alpha value is -2.78. The molecular weight excluding hydrogens is 747 g/mol. The molecule has 0 radical (unpaired) electrons. The Kier molecular flexibility index (Phi) is 18.1. The highest BCUT2D eigenvalue weighted by atomic mass is 31.2. The average Bonchev–Trinajstić information content (AvgIpc) is 3.25. The summed E-state index contributed by atoms with van der Waals surface area (Å²) in [7, 11) is -4.22. The van der Waals surface area contributed by atoms with Crippen LogP contribution in [0.4, 0.5) is 0 Å². The maximum absolute atomic E-state index is 2.73. The van der Waals surface area contributed by atoms with Crippen LogP contribution in [0, 0.1) is 21.7 Å². The van der Waals surface area contributed by atoms with Gasteiger partial charge in [0.05, 0.1) is 12.3 Å². The maximum Gasteiger partial charge on any atom is 0.179 e. The molecule has 4 aromatic carbocycles. The molecule has 0 aliphatic carbocycles. The van der Waals surface area contributed by atoms with E-state index in [0.29, 0.717) is 10.8 Å². The van der Waals surface area contributed by atoms with E-state index in [2.05, 4.69) is 217 Å². The Morgan fingerprint density at radius 1 is 0.424 bits per heavy atom. The standard InChI is InChI=1S/C57H84P2/c1-13-54(5,6)41-29-30-49(44-57(11,12)16-4)46-59(52-35-25-19-26-36-52,53-37-27-20-28-38-53)47-58(50-31-21-17-22-32-50,51-33-23-18-24-34-51)45-48(39-42-55(7,8)14-2)40-43-56(9,10)15-3/h17-28,30-39H,13-16,29,40-47H2,1-12H3/q+2/b48-39-,49-30-. The van der Waals surface area contributed by atoms with Gasteiger partial charge in [0, 0.05) is 0 Å². The highest BCUT2D eigenvalue weighted by Gasteiger charge is 2.57. The molecule has 0 atom stereocenters. The van der Waals surface area contributed by atoms with E-state index < -0.39 is 14.5 Å². The minimum Gasteiger partial charge on any atom is -0.0817 e. The van der Waals surface area contributed by atoms with Crippen LogP contribution >= 0.6 is 14.5 Å². The Morgan fingerprint density at radius 2 is 0.780 bits per heavy atom. The highest BCUT2D eigenvalue weighted by molar-refractivity contribution is 8.04. The molecule has 0 aliphatic rings. The zero-order valence-electron chi connectivity index (χ0n) is 39.8. The van der Waals surface area contributed by atoms with Gasteiger partial charge >= 0.3 is 0 Å².